The number of ketones is 1. The number of likely N-dealkylation sites (tertiary alicyclic amines) is 1. The Labute approximate surface area is 94.0 Å². The largest absolute Gasteiger partial charge is 0.303 e. The molecule has 0 aromatic rings. The van der Waals surface area contributed by atoms with E-state index in [1.54, 1.807) is 6.92 Å². The Kier molecular flexibility index (Phi) is 4.78. The van der Waals surface area contributed by atoms with Crippen molar-refractivity contribution in [2.75, 3.05) is 19.6 Å². The third kappa shape index (κ3) is 5.31. The van der Waals surface area contributed by atoms with Crippen molar-refractivity contribution in [3.8, 4) is 0 Å². The third-order valence-electron chi connectivity index (χ3n) is 3.44. The van der Waals surface area contributed by atoms with E-state index in [1.807, 2.05) is 0 Å². The Morgan fingerprint density at radius 1 is 1.27 bits per heavy atom. The first kappa shape index (κ1) is 12.7. The molecule has 0 amide bonds. The Balaban J connectivity index is 2.23. The summed E-state index contributed by atoms with van der Waals surface area (Å²) in [6.07, 6.45) is 5.74. The van der Waals surface area contributed by atoms with Crippen molar-refractivity contribution >= 4 is 5.78 Å². The van der Waals surface area contributed by atoms with Crippen molar-refractivity contribution < 1.29 is 4.79 Å². The van der Waals surface area contributed by atoms with Gasteiger partial charge in [0.2, 0.25) is 0 Å². The lowest BCUT2D eigenvalue weighted by atomic mass is 9.85. The molecule has 88 valence electrons. The lowest BCUT2D eigenvalue weighted by Gasteiger charge is -2.23. The Morgan fingerprint density at radius 2 is 2.00 bits per heavy atom. The van der Waals surface area contributed by atoms with Gasteiger partial charge in [-0.1, -0.05) is 13.8 Å². The van der Waals surface area contributed by atoms with Gasteiger partial charge in [-0.05, 0) is 57.7 Å². The van der Waals surface area contributed by atoms with Crippen LogP contribution in [0.15, 0.2) is 0 Å². The number of nitrogens with zero attached hydrogens (tertiary/aromatic N) is 1. The van der Waals surface area contributed by atoms with Gasteiger partial charge in [-0.25, -0.2) is 0 Å². The van der Waals surface area contributed by atoms with Gasteiger partial charge in [-0.3, -0.25) is 0 Å². The number of hydrogen-bond acceptors (Lipinski definition) is 2. The van der Waals surface area contributed by atoms with Crippen LogP contribution in [0.4, 0.5) is 0 Å². The standard InChI is InChI=1S/C13H25NO/c1-12(15)6-4-9-14-10-5-7-13(2,3)8-11-14/h4-11H2,1-3H3. The minimum absolute atomic E-state index is 0.324. The molecule has 0 saturated carbocycles. The molecular weight excluding hydrogens is 186 g/mol. The second kappa shape index (κ2) is 5.64. The molecule has 2 nitrogen and oxygen atoms in total. The summed E-state index contributed by atoms with van der Waals surface area (Å²) in [4.78, 5) is 13.4. The van der Waals surface area contributed by atoms with Crippen LogP contribution in [0.3, 0.4) is 0 Å². The molecule has 0 aliphatic carbocycles. The van der Waals surface area contributed by atoms with Crippen LogP contribution in [-0.2, 0) is 4.79 Å². The molecule has 15 heavy (non-hydrogen) atoms. The average molecular weight is 211 g/mol. The van der Waals surface area contributed by atoms with Crippen molar-refractivity contribution in [3.63, 3.8) is 0 Å². The predicted molar refractivity (Wildman–Crippen MR) is 64.0 cm³/mol. The van der Waals surface area contributed by atoms with Gasteiger partial charge in [-0.2, -0.15) is 0 Å². The highest BCUT2D eigenvalue weighted by Crippen LogP contribution is 2.29. The van der Waals surface area contributed by atoms with E-state index in [2.05, 4.69) is 18.7 Å². The summed E-state index contributed by atoms with van der Waals surface area (Å²) in [5, 5.41) is 0. The fraction of sp³-hybridized carbons (Fsp3) is 0.923. The molecule has 0 unspecified atom stereocenters. The van der Waals surface area contributed by atoms with Gasteiger partial charge >= 0.3 is 0 Å². The van der Waals surface area contributed by atoms with Crippen LogP contribution in [-0.4, -0.2) is 30.3 Å². The fourth-order valence-electron chi connectivity index (χ4n) is 2.25. The molecule has 0 bridgehead atoms. The van der Waals surface area contributed by atoms with Crippen molar-refractivity contribution in [1.29, 1.82) is 0 Å². The smallest absolute Gasteiger partial charge is 0.129 e. The first-order valence-corrected chi connectivity index (χ1v) is 6.21. The van der Waals surface area contributed by atoms with E-state index in [4.69, 9.17) is 0 Å². The van der Waals surface area contributed by atoms with E-state index in [1.165, 1.54) is 32.4 Å². The first-order valence-electron chi connectivity index (χ1n) is 6.21. The Hall–Kier alpha value is -0.370. The molecule has 0 atom stereocenters. The molecule has 0 aromatic heterocycles. The molecular formula is C13H25NO. The van der Waals surface area contributed by atoms with E-state index < -0.39 is 0 Å². The van der Waals surface area contributed by atoms with Gasteiger partial charge in [0.25, 0.3) is 0 Å². The predicted octanol–water partition coefficient (Wildman–Crippen LogP) is 2.87. The lowest BCUT2D eigenvalue weighted by molar-refractivity contribution is -0.117. The second-order valence-corrected chi connectivity index (χ2v) is 5.66. The molecule has 0 radical (unpaired) electrons. The topological polar surface area (TPSA) is 20.3 Å². The molecule has 1 rings (SSSR count). The quantitative estimate of drug-likeness (QED) is 0.712. The minimum atomic E-state index is 0.324. The van der Waals surface area contributed by atoms with Gasteiger partial charge in [0, 0.05) is 6.42 Å². The summed E-state index contributed by atoms with van der Waals surface area (Å²) in [7, 11) is 0. The summed E-state index contributed by atoms with van der Waals surface area (Å²) in [5.74, 6) is 0.324. The van der Waals surface area contributed by atoms with Gasteiger partial charge in [-0.15, -0.1) is 0 Å². The molecule has 0 spiro atoms. The van der Waals surface area contributed by atoms with Crippen molar-refractivity contribution in [3.05, 3.63) is 0 Å². The van der Waals surface area contributed by atoms with E-state index in [-0.39, 0.29) is 0 Å². The minimum Gasteiger partial charge on any atom is -0.303 e. The van der Waals surface area contributed by atoms with Crippen molar-refractivity contribution in [2.45, 2.75) is 52.9 Å². The summed E-state index contributed by atoms with van der Waals surface area (Å²) in [5.41, 5.74) is 0.523. The lowest BCUT2D eigenvalue weighted by Crippen LogP contribution is -2.26. The number of hydrogen-bond donors (Lipinski definition) is 0. The zero-order chi connectivity index (χ0) is 11.3. The van der Waals surface area contributed by atoms with Crippen LogP contribution >= 0.6 is 0 Å². The maximum Gasteiger partial charge on any atom is 0.129 e. The highest BCUT2D eigenvalue weighted by Gasteiger charge is 2.22. The molecule has 0 aromatic carbocycles. The molecule has 1 heterocycles. The van der Waals surface area contributed by atoms with Gasteiger partial charge in [0.05, 0.1) is 0 Å². The summed E-state index contributed by atoms with van der Waals surface area (Å²) in [6.45, 7) is 9.96. The molecule has 1 aliphatic rings. The molecule has 1 aliphatic heterocycles. The van der Waals surface area contributed by atoms with Crippen molar-refractivity contribution in [1.82, 2.24) is 4.90 Å². The fourth-order valence-corrected chi connectivity index (χ4v) is 2.25. The van der Waals surface area contributed by atoms with Crippen LogP contribution in [0, 0.1) is 5.41 Å². The van der Waals surface area contributed by atoms with Crippen LogP contribution in [0.5, 0.6) is 0 Å². The number of Topliss-reactive ketones (excluding diaryl/α,β-unsaturated/α-hetero) is 1. The molecule has 1 fully saturated rings. The average Bonchev–Trinajstić information content (AvgIpc) is 2.27. The number of carbonyl (C=O) groups excluding carboxylic acids is 1. The normalized spacial score (nSPS) is 22.3. The van der Waals surface area contributed by atoms with Crippen LogP contribution in [0.25, 0.3) is 0 Å². The SMILES string of the molecule is CC(=O)CCCN1CCCC(C)(C)CC1. The first-order chi connectivity index (χ1) is 6.99. The van der Waals surface area contributed by atoms with E-state index >= 15 is 0 Å². The highest BCUT2D eigenvalue weighted by molar-refractivity contribution is 5.75. The third-order valence-corrected chi connectivity index (χ3v) is 3.44. The molecule has 1 saturated heterocycles. The zero-order valence-electron chi connectivity index (χ0n) is 10.5. The molecule has 0 N–H and O–H groups in total. The maximum atomic E-state index is 10.8. The summed E-state index contributed by atoms with van der Waals surface area (Å²) < 4.78 is 0. The maximum absolute atomic E-state index is 10.8. The summed E-state index contributed by atoms with van der Waals surface area (Å²) >= 11 is 0. The van der Waals surface area contributed by atoms with E-state index in [0.29, 0.717) is 11.2 Å². The Bertz CT molecular complexity index is 211. The van der Waals surface area contributed by atoms with Gasteiger partial charge in [0.15, 0.2) is 0 Å². The second-order valence-electron chi connectivity index (χ2n) is 5.66. The van der Waals surface area contributed by atoms with Crippen molar-refractivity contribution in [2.24, 2.45) is 5.41 Å². The van der Waals surface area contributed by atoms with E-state index in [9.17, 15) is 4.79 Å². The zero-order valence-corrected chi connectivity index (χ0v) is 10.5. The Morgan fingerprint density at radius 3 is 2.67 bits per heavy atom. The van der Waals surface area contributed by atoms with E-state index in [0.717, 1.165) is 19.4 Å². The monoisotopic (exact) mass is 211 g/mol. The van der Waals surface area contributed by atoms with Crippen LogP contribution in [0.2, 0.25) is 0 Å². The number of carbonyl (C=O) groups is 1. The van der Waals surface area contributed by atoms with Crippen LogP contribution in [0.1, 0.15) is 52.9 Å². The highest BCUT2D eigenvalue weighted by atomic mass is 16.1. The van der Waals surface area contributed by atoms with Gasteiger partial charge in [0.1, 0.15) is 5.78 Å². The number of rotatable bonds is 4. The van der Waals surface area contributed by atoms with Gasteiger partial charge < -0.3 is 9.69 Å². The molecule has 2 heteroatoms. The summed E-state index contributed by atoms with van der Waals surface area (Å²) in [6, 6.07) is 0. The van der Waals surface area contributed by atoms with Crippen LogP contribution < -0.4 is 0 Å².